The van der Waals surface area contributed by atoms with Gasteiger partial charge in [-0.1, -0.05) is 20.3 Å². The zero-order chi connectivity index (χ0) is 21.7. The minimum Gasteiger partial charge on any atom is -0.396 e. The molecule has 30 heavy (non-hydrogen) atoms. The molecule has 2 unspecified atom stereocenters. The largest absolute Gasteiger partial charge is 0.396 e. The fourth-order valence-electron chi connectivity index (χ4n) is 5.42. The lowest BCUT2D eigenvalue weighted by Crippen LogP contribution is -2.54. The van der Waals surface area contributed by atoms with Crippen LogP contribution in [0.3, 0.4) is 0 Å². The Morgan fingerprint density at radius 3 is 2.57 bits per heavy atom. The summed E-state index contributed by atoms with van der Waals surface area (Å²) in [5.41, 5.74) is 0. The summed E-state index contributed by atoms with van der Waals surface area (Å²) in [4.78, 5) is 41.6. The molecule has 3 aliphatic rings. The number of hydrogen-bond donors (Lipinski definition) is 3. The van der Waals surface area contributed by atoms with Crippen LogP contribution >= 0.6 is 11.8 Å². The van der Waals surface area contributed by atoms with Gasteiger partial charge in [-0.15, -0.1) is 11.8 Å². The maximum absolute atomic E-state index is 13.6. The molecule has 170 valence electrons. The van der Waals surface area contributed by atoms with Crippen molar-refractivity contribution in [2.24, 2.45) is 11.8 Å². The van der Waals surface area contributed by atoms with Crippen LogP contribution in [-0.2, 0) is 14.4 Å². The van der Waals surface area contributed by atoms with E-state index in [4.69, 9.17) is 5.11 Å². The summed E-state index contributed by atoms with van der Waals surface area (Å²) in [5.74, 6) is -0.860. The quantitative estimate of drug-likeness (QED) is 0.402. The molecule has 3 N–H and O–H groups in total. The molecule has 2 bridgehead atoms. The van der Waals surface area contributed by atoms with Crippen LogP contribution in [0.5, 0.6) is 0 Å². The predicted molar refractivity (Wildman–Crippen MR) is 118 cm³/mol. The molecule has 3 heterocycles. The topological polar surface area (TPSA) is 98.7 Å². The molecule has 3 fully saturated rings. The van der Waals surface area contributed by atoms with Crippen LogP contribution in [0.25, 0.3) is 0 Å². The standard InChI is InChI=1S/C22H37N3O4S/c1-3-5-12-24-20(28)18-22-10-9-15(30-22)16(19(27)23-11-4-2)17(22)21(29)25(18)13-7-6-8-14-26/h15-18,26H,3-14H2,1-2H3,(H,23,27)(H,24,28)/t15-,16+,17-,18?,22?/m0/s1. The molecule has 0 aromatic heterocycles. The average molecular weight is 440 g/mol. The summed E-state index contributed by atoms with van der Waals surface area (Å²) >= 11 is 1.72. The minimum atomic E-state index is -0.500. The first-order chi connectivity index (χ1) is 14.5. The zero-order valence-electron chi connectivity index (χ0n) is 18.3. The van der Waals surface area contributed by atoms with Gasteiger partial charge in [0.05, 0.1) is 16.6 Å². The van der Waals surface area contributed by atoms with E-state index in [0.717, 1.165) is 44.9 Å². The van der Waals surface area contributed by atoms with Crippen molar-refractivity contribution in [1.82, 2.24) is 15.5 Å². The summed E-state index contributed by atoms with van der Waals surface area (Å²) in [6.45, 7) is 5.99. The summed E-state index contributed by atoms with van der Waals surface area (Å²) in [7, 11) is 0. The number of nitrogens with zero attached hydrogens (tertiary/aromatic N) is 1. The molecule has 0 aliphatic carbocycles. The van der Waals surface area contributed by atoms with Gasteiger partial charge < -0.3 is 20.6 Å². The molecule has 0 saturated carbocycles. The first-order valence-electron chi connectivity index (χ1n) is 11.7. The molecule has 3 aliphatic heterocycles. The number of aliphatic hydroxyl groups is 1. The fraction of sp³-hybridized carbons (Fsp3) is 0.864. The average Bonchev–Trinajstić information content (AvgIpc) is 3.37. The molecule has 7 nitrogen and oxygen atoms in total. The summed E-state index contributed by atoms with van der Waals surface area (Å²) < 4.78 is -0.483. The molecule has 3 saturated heterocycles. The fourth-order valence-corrected chi connectivity index (χ4v) is 7.64. The van der Waals surface area contributed by atoms with Gasteiger partial charge in [0.2, 0.25) is 17.7 Å². The number of fused-ring (bicyclic) bond motifs is 1. The first kappa shape index (κ1) is 23.4. The third kappa shape index (κ3) is 4.22. The van der Waals surface area contributed by atoms with Crippen LogP contribution in [-0.4, -0.2) is 70.0 Å². The second kappa shape index (κ2) is 10.4. The van der Waals surface area contributed by atoms with Crippen molar-refractivity contribution in [1.29, 1.82) is 0 Å². The molecular formula is C22H37N3O4S. The number of rotatable bonds is 12. The number of likely N-dealkylation sites (tertiary alicyclic amines) is 1. The van der Waals surface area contributed by atoms with Gasteiger partial charge in [-0.3, -0.25) is 14.4 Å². The van der Waals surface area contributed by atoms with Gasteiger partial charge in [0.15, 0.2) is 0 Å². The van der Waals surface area contributed by atoms with E-state index in [2.05, 4.69) is 17.6 Å². The van der Waals surface area contributed by atoms with Gasteiger partial charge in [0.25, 0.3) is 0 Å². The van der Waals surface area contributed by atoms with E-state index in [1.165, 1.54) is 0 Å². The Bertz CT molecular complexity index is 646. The van der Waals surface area contributed by atoms with Crippen LogP contribution < -0.4 is 10.6 Å². The number of amides is 3. The second-order valence-electron chi connectivity index (χ2n) is 8.81. The Hall–Kier alpha value is -1.28. The lowest BCUT2D eigenvalue weighted by Gasteiger charge is -2.34. The number of unbranched alkanes of at least 4 members (excludes halogenated alkanes) is 3. The number of carbonyl (C=O) groups excluding carboxylic acids is 3. The van der Waals surface area contributed by atoms with Crippen molar-refractivity contribution < 1.29 is 19.5 Å². The van der Waals surface area contributed by atoms with E-state index in [1.807, 2.05) is 6.92 Å². The molecule has 3 amide bonds. The van der Waals surface area contributed by atoms with Crippen molar-refractivity contribution in [3.8, 4) is 0 Å². The molecule has 8 heteroatoms. The predicted octanol–water partition coefficient (Wildman–Crippen LogP) is 1.68. The first-order valence-corrected chi connectivity index (χ1v) is 12.5. The number of hydrogen-bond acceptors (Lipinski definition) is 5. The van der Waals surface area contributed by atoms with Crippen molar-refractivity contribution in [3.63, 3.8) is 0 Å². The minimum absolute atomic E-state index is 0.0263. The van der Waals surface area contributed by atoms with Crippen LogP contribution in [0.2, 0.25) is 0 Å². The summed E-state index contributed by atoms with van der Waals surface area (Å²) in [6, 6.07) is -0.500. The van der Waals surface area contributed by atoms with Gasteiger partial charge in [-0.05, 0) is 44.9 Å². The lowest BCUT2D eigenvalue weighted by molar-refractivity contribution is -0.140. The van der Waals surface area contributed by atoms with Crippen molar-refractivity contribution in [2.45, 2.75) is 81.3 Å². The van der Waals surface area contributed by atoms with Crippen LogP contribution in [0, 0.1) is 11.8 Å². The van der Waals surface area contributed by atoms with Crippen molar-refractivity contribution in [3.05, 3.63) is 0 Å². The van der Waals surface area contributed by atoms with Gasteiger partial charge in [0.1, 0.15) is 6.04 Å². The Morgan fingerprint density at radius 1 is 1.10 bits per heavy atom. The monoisotopic (exact) mass is 439 g/mol. The van der Waals surface area contributed by atoms with E-state index >= 15 is 0 Å². The Balaban J connectivity index is 1.83. The molecule has 3 rings (SSSR count). The summed E-state index contributed by atoms with van der Waals surface area (Å²) in [6.07, 6.45) is 6.75. The molecular weight excluding hydrogens is 402 g/mol. The number of carbonyl (C=O) groups is 3. The van der Waals surface area contributed by atoms with E-state index < -0.39 is 16.7 Å². The Kier molecular flexibility index (Phi) is 8.07. The molecule has 1 spiro atoms. The third-order valence-corrected chi connectivity index (χ3v) is 8.74. The molecule has 5 atom stereocenters. The highest BCUT2D eigenvalue weighted by molar-refractivity contribution is 8.02. The summed E-state index contributed by atoms with van der Waals surface area (Å²) in [5, 5.41) is 15.2. The Morgan fingerprint density at radius 2 is 1.87 bits per heavy atom. The van der Waals surface area contributed by atoms with E-state index in [9.17, 15) is 14.4 Å². The zero-order valence-corrected chi connectivity index (χ0v) is 19.1. The van der Waals surface area contributed by atoms with E-state index in [-0.39, 0.29) is 35.5 Å². The Labute approximate surface area is 184 Å². The van der Waals surface area contributed by atoms with E-state index in [0.29, 0.717) is 26.1 Å². The van der Waals surface area contributed by atoms with Gasteiger partial charge >= 0.3 is 0 Å². The highest BCUT2D eigenvalue weighted by atomic mass is 32.2. The van der Waals surface area contributed by atoms with Gasteiger partial charge in [0, 0.05) is 31.5 Å². The van der Waals surface area contributed by atoms with E-state index in [1.54, 1.807) is 16.7 Å². The highest BCUT2D eigenvalue weighted by Gasteiger charge is 2.73. The second-order valence-corrected chi connectivity index (χ2v) is 10.4. The van der Waals surface area contributed by atoms with Crippen LogP contribution in [0.15, 0.2) is 0 Å². The van der Waals surface area contributed by atoms with Crippen LogP contribution in [0.4, 0.5) is 0 Å². The smallest absolute Gasteiger partial charge is 0.244 e. The third-order valence-electron chi connectivity index (χ3n) is 6.79. The number of nitrogens with one attached hydrogen (secondary N) is 2. The number of aliphatic hydroxyl groups excluding tert-OH is 1. The van der Waals surface area contributed by atoms with Crippen molar-refractivity contribution in [2.75, 3.05) is 26.2 Å². The molecule has 0 aromatic rings. The maximum atomic E-state index is 13.6. The normalized spacial score (nSPS) is 31.8. The SMILES string of the molecule is CCCCNC(=O)C1N(CCCCCO)C(=O)[C@@H]2[C@H](C(=O)NCCC)[C@@H]3CCC12S3. The van der Waals surface area contributed by atoms with Crippen LogP contribution in [0.1, 0.15) is 65.2 Å². The van der Waals surface area contributed by atoms with Gasteiger partial charge in [-0.2, -0.15) is 0 Å². The highest BCUT2D eigenvalue weighted by Crippen LogP contribution is 2.66. The number of thioether (sulfide) groups is 1. The lowest BCUT2D eigenvalue weighted by atomic mass is 9.70. The maximum Gasteiger partial charge on any atom is 0.244 e. The molecule has 0 radical (unpaired) electrons. The van der Waals surface area contributed by atoms with Crippen molar-refractivity contribution >= 4 is 29.5 Å². The van der Waals surface area contributed by atoms with Gasteiger partial charge in [-0.25, -0.2) is 0 Å². The molecule has 0 aromatic carbocycles.